The van der Waals surface area contributed by atoms with Crippen molar-refractivity contribution < 1.29 is 4.42 Å². The molecule has 0 atom stereocenters. The molecule has 1 nitrogen and oxygen atoms in total. The highest BCUT2D eigenvalue weighted by Gasteiger charge is 2.19. The molecule has 0 N–H and O–H groups in total. The van der Waals surface area contributed by atoms with E-state index in [0.717, 1.165) is 44.2 Å². The molecular formula is C48H28O. The molecule has 49 heavy (non-hydrogen) atoms. The summed E-state index contributed by atoms with van der Waals surface area (Å²) in [7, 11) is 0. The fourth-order valence-corrected chi connectivity index (χ4v) is 8.44. The Morgan fingerprint density at radius 1 is 0.245 bits per heavy atom. The fourth-order valence-electron chi connectivity index (χ4n) is 8.44. The summed E-state index contributed by atoms with van der Waals surface area (Å²) in [6.45, 7) is 0. The maximum absolute atomic E-state index is 6.80. The minimum absolute atomic E-state index is 0.922. The van der Waals surface area contributed by atoms with Crippen LogP contribution in [0.4, 0.5) is 0 Å². The summed E-state index contributed by atoms with van der Waals surface area (Å²) in [4.78, 5) is 0. The first-order valence-corrected chi connectivity index (χ1v) is 16.9. The van der Waals surface area contributed by atoms with E-state index in [1.807, 2.05) is 0 Å². The van der Waals surface area contributed by atoms with Crippen molar-refractivity contribution in [1.82, 2.24) is 0 Å². The molecule has 226 valence electrons. The van der Waals surface area contributed by atoms with Gasteiger partial charge in [0.2, 0.25) is 0 Å². The van der Waals surface area contributed by atoms with Gasteiger partial charge in [-0.2, -0.15) is 0 Å². The Kier molecular flexibility index (Phi) is 5.45. The molecule has 1 heteroatoms. The third-order valence-corrected chi connectivity index (χ3v) is 10.6. The molecule has 0 fully saturated rings. The summed E-state index contributed by atoms with van der Waals surface area (Å²) in [5, 5.41) is 15.4. The van der Waals surface area contributed by atoms with Crippen LogP contribution in [-0.2, 0) is 0 Å². The lowest BCUT2D eigenvalue weighted by atomic mass is 9.84. The van der Waals surface area contributed by atoms with Gasteiger partial charge >= 0.3 is 0 Å². The van der Waals surface area contributed by atoms with E-state index >= 15 is 0 Å². The summed E-state index contributed by atoms with van der Waals surface area (Å²) < 4.78 is 6.80. The lowest BCUT2D eigenvalue weighted by molar-refractivity contribution is 0.671. The van der Waals surface area contributed by atoms with Gasteiger partial charge in [-0.1, -0.05) is 152 Å². The van der Waals surface area contributed by atoms with Crippen molar-refractivity contribution in [3.63, 3.8) is 0 Å². The summed E-state index contributed by atoms with van der Waals surface area (Å²) in [5.41, 5.74) is 8.77. The zero-order valence-corrected chi connectivity index (χ0v) is 26.6. The van der Waals surface area contributed by atoms with E-state index in [2.05, 4.69) is 170 Å². The molecule has 0 unspecified atom stereocenters. The lowest BCUT2D eigenvalue weighted by Gasteiger charge is -2.19. The summed E-state index contributed by atoms with van der Waals surface area (Å²) in [5.74, 6) is 0. The molecule has 0 aliphatic rings. The average molecular weight is 621 g/mol. The standard InChI is InChI=1S/C48H28O/c1-2-12-29(13-3-1)33-20-9-24-41-42-25-10-21-34(48(42)49-47(33)41)31-15-8-14-30(26-31)32-27-43-37-18-6-4-16-35(37)39-22-11-23-40-36-17-5-7-19-38(36)44(28-32)46(43)45(39)40/h1-28H. The molecule has 0 saturated carbocycles. The van der Waals surface area contributed by atoms with Crippen LogP contribution in [-0.4, -0.2) is 0 Å². The highest BCUT2D eigenvalue weighted by Crippen LogP contribution is 2.47. The van der Waals surface area contributed by atoms with Crippen molar-refractivity contribution in [1.29, 1.82) is 0 Å². The molecule has 0 amide bonds. The Bertz CT molecular complexity index is 2990. The molecule has 0 bridgehead atoms. The van der Waals surface area contributed by atoms with E-state index in [1.54, 1.807) is 0 Å². The Morgan fingerprint density at radius 3 is 1.27 bits per heavy atom. The fraction of sp³-hybridized carbons (Fsp3) is 0. The van der Waals surface area contributed by atoms with Crippen LogP contribution in [0.2, 0.25) is 0 Å². The molecule has 0 aliphatic heterocycles. The first-order chi connectivity index (χ1) is 24.3. The van der Waals surface area contributed by atoms with E-state index in [0.29, 0.717) is 0 Å². The van der Waals surface area contributed by atoms with E-state index in [9.17, 15) is 0 Å². The predicted octanol–water partition coefficient (Wildman–Crippen LogP) is 13.8. The monoisotopic (exact) mass is 620 g/mol. The number of furan rings is 1. The number of rotatable bonds is 3. The van der Waals surface area contributed by atoms with Gasteiger partial charge in [0.05, 0.1) is 0 Å². The number of benzene rings is 10. The van der Waals surface area contributed by atoms with Crippen molar-refractivity contribution in [2.45, 2.75) is 0 Å². The largest absolute Gasteiger partial charge is 0.455 e. The van der Waals surface area contributed by atoms with Crippen molar-refractivity contribution in [3.05, 3.63) is 170 Å². The van der Waals surface area contributed by atoms with Gasteiger partial charge in [0.25, 0.3) is 0 Å². The first-order valence-electron chi connectivity index (χ1n) is 16.9. The van der Waals surface area contributed by atoms with Gasteiger partial charge in [-0.25, -0.2) is 0 Å². The lowest BCUT2D eigenvalue weighted by Crippen LogP contribution is -1.91. The Balaban J connectivity index is 1.17. The zero-order chi connectivity index (χ0) is 32.1. The Labute approximate surface area is 282 Å². The molecule has 11 rings (SSSR count). The van der Waals surface area contributed by atoms with E-state index in [4.69, 9.17) is 4.42 Å². The molecular weight excluding hydrogens is 593 g/mol. The van der Waals surface area contributed by atoms with Crippen molar-refractivity contribution >= 4 is 75.8 Å². The van der Waals surface area contributed by atoms with Crippen LogP contribution in [0.1, 0.15) is 0 Å². The molecule has 0 saturated heterocycles. The van der Waals surface area contributed by atoms with Crippen LogP contribution in [0.5, 0.6) is 0 Å². The van der Waals surface area contributed by atoms with E-state index in [-0.39, 0.29) is 0 Å². The smallest absolute Gasteiger partial charge is 0.143 e. The molecule has 0 aliphatic carbocycles. The molecule has 0 spiro atoms. The second-order valence-corrected chi connectivity index (χ2v) is 13.2. The summed E-state index contributed by atoms with van der Waals surface area (Å²) >= 11 is 0. The van der Waals surface area contributed by atoms with Gasteiger partial charge in [-0.15, -0.1) is 0 Å². The maximum Gasteiger partial charge on any atom is 0.143 e. The topological polar surface area (TPSA) is 13.1 Å². The predicted molar refractivity (Wildman–Crippen MR) is 209 cm³/mol. The summed E-state index contributed by atoms with van der Waals surface area (Å²) in [6.07, 6.45) is 0. The quantitative estimate of drug-likeness (QED) is 0.141. The Hall–Kier alpha value is -6.44. The van der Waals surface area contributed by atoms with Crippen LogP contribution in [0, 0.1) is 0 Å². The summed E-state index contributed by atoms with van der Waals surface area (Å²) in [6, 6.07) is 61.9. The van der Waals surface area contributed by atoms with Crippen molar-refractivity contribution in [2.24, 2.45) is 0 Å². The number of hydrogen-bond acceptors (Lipinski definition) is 1. The van der Waals surface area contributed by atoms with Gasteiger partial charge in [-0.3, -0.25) is 0 Å². The Morgan fingerprint density at radius 2 is 0.653 bits per heavy atom. The molecule has 10 aromatic carbocycles. The van der Waals surface area contributed by atoms with Crippen molar-refractivity contribution in [2.75, 3.05) is 0 Å². The third kappa shape index (κ3) is 3.76. The van der Waals surface area contributed by atoms with Crippen LogP contribution in [0.15, 0.2) is 174 Å². The normalized spacial score (nSPS) is 12.1. The van der Waals surface area contributed by atoms with Gasteiger partial charge in [-0.05, 0) is 94.3 Å². The van der Waals surface area contributed by atoms with Gasteiger partial charge in [0, 0.05) is 21.9 Å². The average Bonchev–Trinajstić information content (AvgIpc) is 3.57. The highest BCUT2D eigenvalue weighted by atomic mass is 16.3. The van der Waals surface area contributed by atoms with Gasteiger partial charge in [0.1, 0.15) is 11.2 Å². The minimum atomic E-state index is 0.922. The van der Waals surface area contributed by atoms with E-state index in [1.165, 1.54) is 65.0 Å². The second kappa shape index (κ2) is 10.0. The zero-order valence-electron chi connectivity index (χ0n) is 26.6. The highest BCUT2D eigenvalue weighted by molar-refractivity contribution is 6.40. The van der Waals surface area contributed by atoms with Crippen LogP contribution < -0.4 is 0 Å². The molecule has 11 aromatic rings. The van der Waals surface area contributed by atoms with Crippen molar-refractivity contribution in [3.8, 4) is 33.4 Å². The van der Waals surface area contributed by atoms with Gasteiger partial charge in [0.15, 0.2) is 0 Å². The van der Waals surface area contributed by atoms with Crippen LogP contribution in [0.3, 0.4) is 0 Å². The molecule has 1 heterocycles. The SMILES string of the molecule is c1ccc(-c2cccc3c2oc2c(-c4cccc(-c5cc6c7ccccc7c7cccc8c9ccccc9c(c5)c6c78)c4)cccc23)cc1. The third-order valence-electron chi connectivity index (χ3n) is 10.6. The van der Waals surface area contributed by atoms with Crippen LogP contribution in [0.25, 0.3) is 109 Å². The number of hydrogen-bond donors (Lipinski definition) is 0. The van der Waals surface area contributed by atoms with Crippen LogP contribution >= 0.6 is 0 Å². The minimum Gasteiger partial charge on any atom is -0.455 e. The molecule has 0 radical (unpaired) electrons. The first kappa shape index (κ1) is 26.6. The molecule has 1 aromatic heterocycles. The van der Waals surface area contributed by atoms with Gasteiger partial charge < -0.3 is 4.42 Å². The number of para-hydroxylation sites is 2. The second-order valence-electron chi connectivity index (χ2n) is 13.2. The van der Waals surface area contributed by atoms with E-state index < -0.39 is 0 Å². The maximum atomic E-state index is 6.80. The number of fused-ring (bicyclic) bond motifs is 9.